The summed E-state index contributed by atoms with van der Waals surface area (Å²) in [5.41, 5.74) is 0. The first-order valence-corrected chi connectivity index (χ1v) is 6.12. The Morgan fingerprint density at radius 3 is 2.74 bits per heavy atom. The summed E-state index contributed by atoms with van der Waals surface area (Å²) < 4.78 is 21.3. The van der Waals surface area contributed by atoms with Gasteiger partial charge in [0.05, 0.1) is 26.2 Å². The Balaban J connectivity index is 2.10. The number of esters is 1. The van der Waals surface area contributed by atoms with E-state index in [1.165, 1.54) is 6.08 Å². The van der Waals surface area contributed by atoms with Crippen molar-refractivity contribution in [1.82, 2.24) is 0 Å². The van der Waals surface area contributed by atoms with Crippen LogP contribution in [-0.2, 0) is 23.7 Å². The molecule has 0 aliphatic carbocycles. The van der Waals surface area contributed by atoms with Gasteiger partial charge in [0, 0.05) is 0 Å². The first-order chi connectivity index (χ1) is 9.13. The second kappa shape index (κ2) is 5.98. The molecule has 2 fully saturated rings. The van der Waals surface area contributed by atoms with Gasteiger partial charge in [-0.25, -0.2) is 0 Å². The number of aliphatic hydroxyl groups excluding tert-OH is 2. The van der Waals surface area contributed by atoms with Gasteiger partial charge in [0.25, 0.3) is 0 Å². The van der Waals surface area contributed by atoms with Crippen molar-refractivity contribution in [2.45, 2.75) is 30.5 Å². The zero-order chi connectivity index (χ0) is 13.9. The maximum Gasteiger partial charge on any atom is 0.310 e. The van der Waals surface area contributed by atoms with Gasteiger partial charge >= 0.3 is 5.97 Å². The summed E-state index contributed by atoms with van der Waals surface area (Å²) in [5.74, 6) is -1.91. The molecule has 0 radical (unpaired) electrons. The third-order valence-electron chi connectivity index (χ3n) is 3.13. The monoisotopic (exact) mass is 274 g/mol. The molecule has 7 nitrogen and oxygen atoms in total. The van der Waals surface area contributed by atoms with Gasteiger partial charge < -0.3 is 29.2 Å². The first kappa shape index (κ1) is 14.4. The molecule has 2 rings (SSSR count). The van der Waals surface area contributed by atoms with Crippen LogP contribution >= 0.6 is 0 Å². The van der Waals surface area contributed by atoms with Crippen LogP contribution in [0.3, 0.4) is 0 Å². The van der Waals surface area contributed by atoms with E-state index in [0.29, 0.717) is 13.2 Å². The van der Waals surface area contributed by atoms with Crippen molar-refractivity contribution in [3.8, 4) is 0 Å². The summed E-state index contributed by atoms with van der Waals surface area (Å²) in [5, 5.41) is 19.3. The first-order valence-electron chi connectivity index (χ1n) is 6.12. The average molecular weight is 274 g/mol. The lowest BCUT2D eigenvalue weighted by molar-refractivity contribution is -0.257. The maximum atomic E-state index is 11.5. The highest BCUT2D eigenvalue weighted by molar-refractivity contribution is 5.71. The van der Waals surface area contributed by atoms with Gasteiger partial charge in [0.2, 0.25) is 5.79 Å². The molecule has 0 unspecified atom stereocenters. The zero-order valence-corrected chi connectivity index (χ0v) is 10.5. The maximum absolute atomic E-state index is 11.5. The van der Waals surface area contributed by atoms with Crippen LogP contribution in [0.2, 0.25) is 0 Å². The molecule has 108 valence electrons. The van der Waals surface area contributed by atoms with Crippen LogP contribution in [0.15, 0.2) is 12.7 Å². The van der Waals surface area contributed by atoms with Gasteiger partial charge in [-0.3, -0.25) is 4.79 Å². The molecular weight excluding hydrogens is 256 g/mol. The Labute approximate surface area is 110 Å². The van der Waals surface area contributed by atoms with E-state index in [1.54, 1.807) is 0 Å². The fourth-order valence-electron chi connectivity index (χ4n) is 2.25. The molecule has 3 atom stereocenters. The van der Waals surface area contributed by atoms with Gasteiger partial charge in [-0.1, -0.05) is 6.08 Å². The molecule has 0 bridgehead atoms. The number of carbonyl (C=O) groups excluding carboxylic acids is 1. The standard InChI is InChI=1S/C12H18O7/c1-2-3-9(15)19-10-8(14)6-16-11(10)12(7-13)17-4-5-18-12/h2,8,10-11,13-14H,1,3-7H2/t8-,10+,11-/m0/s1. The minimum Gasteiger partial charge on any atom is -0.456 e. The molecule has 2 N–H and O–H groups in total. The second-order valence-corrected chi connectivity index (χ2v) is 4.44. The molecule has 0 aromatic carbocycles. The SMILES string of the molecule is C=CCC(=O)O[C@@H]1[C@@H](O)CO[C@@H]1C1(CO)OCCO1. The summed E-state index contributed by atoms with van der Waals surface area (Å²) >= 11 is 0. The summed E-state index contributed by atoms with van der Waals surface area (Å²) in [6.45, 7) is 3.60. The number of rotatable bonds is 5. The smallest absolute Gasteiger partial charge is 0.310 e. The molecule has 0 amide bonds. The van der Waals surface area contributed by atoms with Crippen LogP contribution in [0.5, 0.6) is 0 Å². The molecule has 0 spiro atoms. The molecule has 0 aromatic heterocycles. The number of ether oxygens (including phenoxy) is 4. The second-order valence-electron chi connectivity index (χ2n) is 4.44. The van der Waals surface area contributed by atoms with E-state index < -0.39 is 36.7 Å². The van der Waals surface area contributed by atoms with Crippen molar-refractivity contribution in [2.75, 3.05) is 26.4 Å². The summed E-state index contributed by atoms with van der Waals surface area (Å²) in [6, 6.07) is 0. The van der Waals surface area contributed by atoms with Gasteiger partial charge in [0.15, 0.2) is 12.2 Å². The summed E-state index contributed by atoms with van der Waals surface area (Å²) in [4.78, 5) is 11.5. The Morgan fingerprint density at radius 1 is 1.47 bits per heavy atom. The van der Waals surface area contributed by atoms with E-state index in [9.17, 15) is 15.0 Å². The lowest BCUT2D eigenvalue weighted by Crippen LogP contribution is -2.54. The van der Waals surface area contributed by atoms with Crippen LogP contribution in [0, 0.1) is 0 Å². The summed E-state index contributed by atoms with van der Waals surface area (Å²) in [7, 11) is 0. The third kappa shape index (κ3) is 2.80. The molecular formula is C12H18O7. The van der Waals surface area contributed by atoms with Crippen LogP contribution < -0.4 is 0 Å². The van der Waals surface area contributed by atoms with Crippen LogP contribution in [0.4, 0.5) is 0 Å². The van der Waals surface area contributed by atoms with Crippen molar-refractivity contribution >= 4 is 5.97 Å². The van der Waals surface area contributed by atoms with Gasteiger partial charge in [-0.15, -0.1) is 6.58 Å². The zero-order valence-electron chi connectivity index (χ0n) is 10.5. The van der Waals surface area contributed by atoms with E-state index in [0.717, 1.165) is 0 Å². The van der Waals surface area contributed by atoms with Crippen molar-refractivity contribution < 1.29 is 34.0 Å². The predicted molar refractivity (Wildman–Crippen MR) is 62.2 cm³/mol. The highest BCUT2D eigenvalue weighted by atomic mass is 16.8. The Kier molecular flexibility index (Phi) is 4.54. The average Bonchev–Trinajstić information content (AvgIpc) is 2.99. The minimum atomic E-state index is -1.38. The van der Waals surface area contributed by atoms with E-state index in [-0.39, 0.29) is 13.0 Å². The molecule has 0 aromatic rings. The lowest BCUT2D eigenvalue weighted by atomic mass is 10.0. The van der Waals surface area contributed by atoms with E-state index in [2.05, 4.69) is 6.58 Å². The highest BCUT2D eigenvalue weighted by Gasteiger charge is 2.55. The predicted octanol–water partition coefficient (Wildman–Crippen LogP) is -1.03. The fraction of sp³-hybridized carbons (Fsp3) is 0.750. The van der Waals surface area contributed by atoms with Gasteiger partial charge in [-0.2, -0.15) is 0 Å². The fourth-order valence-corrected chi connectivity index (χ4v) is 2.25. The normalized spacial score (nSPS) is 33.3. The highest BCUT2D eigenvalue weighted by Crippen LogP contribution is 2.33. The Morgan fingerprint density at radius 2 is 2.16 bits per heavy atom. The molecule has 19 heavy (non-hydrogen) atoms. The Hall–Kier alpha value is -0.990. The van der Waals surface area contributed by atoms with Crippen molar-refractivity contribution in [3.05, 3.63) is 12.7 Å². The molecule has 2 saturated heterocycles. The number of hydrogen-bond donors (Lipinski definition) is 2. The van der Waals surface area contributed by atoms with Crippen LogP contribution in [0.1, 0.15) is 6.42 Å². The van der Waals surface area contributed by atoms with Crippen molar-refractivity contribution in [2.24, 2.45) is 0 Å². The summed E-state index contributed by atoms with van der Waals surface area (Å²) in [6.07, 6.45) is -1.33. The van der Waals surface area contributed by atoms with Crippen LogP contribution in [-0.4, -0.2) is 66.7 Å². The van der Waals surface area contributed by atoms with E-state index in [4.69, 9.17) is 18.9 Å². The van der Waals surface area contributed by atoms with Crippen molar-refractivity contribution in [1.29, 1.82) is 0 Å². The number of carbonyl (C=O) groups is 1. The Bertz CT molecular complexity index is 337. The molecule has 2 aliphatic rings. The quantitative estimate of drug-likeness (QED) is 0.489. The largest absolute Gasteiger partial charge is 0.456 e. The molecule has 7 heteroatoms. The van der Waals surface area contributed by atoms with Crippen molar-refractivity contribution in [3.63, 3.8) is 0 Å². The van der Waals surface area contributed by atoms with E-state index in [1.807, 2.05) is 0 Å². The lowest BCUT2D eigenvalue weighted by Gasteiger charge is -2.33. The molecule has 2 heterocycles. The third-order valence-corrected chi connectivity index (χ3v) is 3.13. The number of aliphatic hydroxyl groups is 2. The molecule has 2 aliphatic heterocycles. The minimum absolute atomic E-state index is 0.00876. The van der Waals surface area contributed by atoms with Gasteiger partial charge in [0.1, 0.15) is 12.7 Å². The van der Waals surface area contributed by atoms with E-state index >= 15 is 0 Å². The topological polar surface area (TPSA) is 94.5 Å². The van der Waals surface area contributed by atoms with Crippen LogP contribution in [0.25, 0.3) is 0 Å². The molecule has 0 saturated carbocycles. The number of hydrogen-bond acceptors (Lipinski definition) is 7. The van der Waals surface area contributed by atoms with Gasteiger partial charge in [-0.05, 0) is 0 Å².